The van der Waals surface area contributed by atoms with E-state index in [-0.39, 0.29) is 5.91 Å². The van der Waals surface area contributed by atoms with Crippen molar-refractivity contribution in [2.75, 3.05) is 44.3 Å². The van der Waals surface area contributed by atoms with E-state index in [4.69, 9.17) is 21.3 Å². The number of anilines is 1. The molecule has 1 fully saturated rings. The number of aromatic nitrogens is 2. The highest BCUT2D eigenvalue weighted by molar-refractivity contribution is 7.22. The van der Waals surface area contributed by atoms with Crippen LogP contribution in [0.5, 0.6) is 0 Å². The summed E-state index contributed by atoms with van der Waals surface area (Å²) in [5, 5.41) is 2.26. The van der Waals surface area contributed by atoms with Crippen LogP contribution < -0.4 is 4.90 Å². The Morgan fingerprint density at radius 3 is 2.75 bits per heavy atom. The summed E-state index contributed by atoms with van der Waals surface area (Å²) in [4.78, 5) is 27.3. The lowest BCUT2D eigenvalue weighted by Crippen LogP contribution is -2.43. The van der Waals surface area contributed by atoms with E-state index in [1.54, 1.807) is 4.90 Å². The van der Waals surface area contributed by atoms with E-state index in [1.165, 1.54) is 22.7 Å². The second kappa shape index (κ2) is 8.42. The smallest absolute Gasteiger partial charge is 0.272 e. The van der Waals surface area contributed by atoms with E-state index in [0.717, 1.165) is 53.8 Å². The number of fused-ring (bicyclic) bond motifs is 1. The number of rotatable bonds is 5. The van der Waals surface area contributed by atoms with Crippen LogP contribution in [-0.4, -0.2) is 60.2 Å². The molecule has 0 saturated carbocycles. The van der Waals surface area contributed by atoms with Gasteiger partial charge in [0.25, 0.3) is 5.91 Å². The Morgan fingerprint density at radius 1 is 1.25 bits per heavy atom. The van der Waals surface area contributed by atoms with Crippen LogP contribution in [0.3, 0.4) is 0 Å². The van der Waals surface area contributed by atoms with Gasteiger partial charge in [0.1, 0.15) is 4.88 Å². The molecule has 0 atom stereocenters. The van der Waals surface area contributed by atoms with E-state index in [9.17, 15) is 4.79 Å². The first-order valence-corrected chi connectivity index (χ1v) is 11.1. The molecule has 3 aromatic rings. The van der Waals surface area contributed by atoms with Gasteiger partial charge in [0.05, 0.1) is 34.1 Å². The molecule has 1 amide bonds. The van der Waals surface area contributed by atoms with E-state index >= 15 is 0 Å². The third-order valence-corrected chi connectivity index (χ3v) is 6.99. The Labute approximate surface area is 176 Å². The fraction of sp³-hybridized carbons (Fsp3) is 0.421. The van der Waals surface area contributed by atoms with E-state index < -0.39 is 0 Å². The molecule has 0 spiro atoms. The molecular formula is C19H21ClN4O2S2. The molecule has 0 unspecified atom stereocenters. The zero-order valence-electron chi connectivity index (χ0n) is 15.8. The van der Waals surface area contributed by atoms with Crippen LogP contribution in [-0.2, 0) is 4.74 Å². The van der Waals surface area contributed by atoms with Crippen molar-refractivity contribution in [3.05, 3.63) is 38.8 Å². The summed E-state index contributed by atoms with van der Waals surface area (Å²) in [6.45, 7) is 8.40. The maximum atomic E-state index is 13.4. The van der Waals surface area contributed by atoms with Gasteiger partial charge in [0.2, 0.25) is 0 Å². The lowest BCUT2D eigenvalue weighted by Gasteiger charge is -2.29. The number of amides is 1. The molecule has 148 valence electrons. The van der Waals surface area contributed by atoms with Gasteiger partial charge in [-0.1, -0.05) is 22.9 Å². The Hall–Kier alpha value is -1.58. The Balaban J connectivity index is 1.64. The number of thiazole rings is 2. The van der Waals surface area contributed by atoms with E-state index in [0.29, 0.717) is 21.6 Å². The summed E-state index contributed by atoms with van der Waals surface area (Å²) in [7, 11) is 0. The zero-order chi connectivity index (χ0) is 19.7. The van der Waals surface area contributed by atoms with Crippen LogP contribution in [0.15, 0.2) is 18.2 Å². The van der Waals surface area contributed by atoms with Gasteiger partial charge in [-0.25, -0.2) is 9.97 Å². The van der Waals surface area contributed by atoms with Gasteiger partial charge in [0, 0.05) is 31.2 Å². The molecule has 0 radical (unpaired) electrons. The number of halogens is 1. The van der Waals surface area contributed by atoms with Gasteiger partial charge < -0.3 is 4.74 Å². The quantitative estimate of drug-likeness (QED) is 0.605. The molecule has 1 aliphatic heterocycles. The monoisotopic (exact) mass is 436 g/mol. The molecule has 4 rings (SSSR count). The first-order valence-electron chi connectivity index (χ1n) is 9.13. The van der Waals surface area contributed by atoms with Crippen molar-refractivity contribution in [1.82, 2.24) is 14.9 Å². The van der Waals surface area contributed by atoms with Crippen molar-refractivity contribution in [2.24, 2.45) is 0 Å². The summed E-state index contributed by atoms with van der Waals surface area (Å²) < 4.78 is 6.40. The summed E-state index contributed by atoms with van der Waals surface area (Å²) in [6.07, 6.45) is 0. The minimum atomic E-state index is -0.0403. The van der Waals surface area contributed by atoms with Gasteiger partial charge >= 0.3 is 0 Å². The molecular weight excluding hydrogens is 416 g/mol. The van der Waals surface area contributed by atoms with Gasteiger partial charge in [0.15, 0.2) is 5.13 Å². The SMILES string of the molecule is Cc1nc(C)c(C(=O)N(CCN2CCOCC2)c2nc3ccc(Cl)cc3s2)s1. The van der Waals surface area contributed by atoms with Crippen molar-refractivity contribution in [2.45, 2.75) is 13.8 Å². The molecule has 0 N–H and O–H groups in total. The number of nitrogens with zero attached hydrogens (tertiary/aromatic N) is 4. The number of ether oxygens (including phenoxy) is 1. The van der Waals surface area contributed by atoms with Gasteiger partial charge in [-0.15, -0.1) is 11.3 Å². The molecule has 3 heterocycles. The molecule has 9 heteroatoms. The van der Waals surface area contributed by atoms with Crippen LogP contribution in [0.1, 0.15) is 20.4 Å². The first-order chi connectivity index (χ1) is 13.5. The summed E-state index contributed by atoms with van der Waals surface area (Å²) in [5.41, 5.74) is 1.62. The van der Waals surface area contributed by atoms with Gasteiger partial charge in [-0.3, -0.25) is 14.6 Å². The van der Waals surface area contributed by atoms with Crippen LogP contribution in [0.4, 0.5) is 5.13 Å². The fourth-order valence-corrected chi connectivity index (χ4v) is 5.34. The Morgan fingerprint density at radius 2 is 2.04 bits per heavy atom. The average molecular weight is 437 g/mol. The van der Waals surface area contributed by atoms with E-state index in [1.807, 2.05) is 32.0 Å². The van der Waals surface area contributed by atoms with Crippen LogP contribution in [0.2, 0.25) is 5.02 Å². The molecule has 0 bridgehead atoms. The van der Waals surface area contributed by atoms with Crippen molar-refractivity contribution in [3.8, 4) is 0 Å². The van der Waals surface area contributed by atoms with Crippen LogP contribution in [0.25, 0.3) is 10.2 Å². The standard InChI is InChI=1S/C19H21ClN4O2S2/c1-12-17(27-13(2)21-12)18(25)24(6-5-23-7-9-26-10-8-23)19-22-15-4-3-14(20)11-16(15)28-19/h3-4,11H,5-10H2,1-2H3. The minimum Gasteiger partial charge on any atom is -0.379 e. The Bertz CT molecular complexity index is 997. The third-order valence-electron chi connectivity index (χ3n) is 4.66. The largest absolute Gasteiger partial charge is 0.379 e. The third kappa shape index (κ3) is 4.21. The average Bonchev–Trinajstić information content (AvgIpc) is 3.24. The number of hydrogen-bond acceptors (Lipinski definition) is 7. The van der Waals surface area contributed by atoms with Crippen LogP contribution >= 0.6 is 34.3 Å². The predicted octanol–water partition coefficient (Wildman–Crippen LogP) is 4.00. The lowest BCUT2D eigenvalue weighted by molar-refractivity contribution is 0.0391. The maximum absolute atomic E-state index is 13.4. The molecule has 2 aromatic heterocycles. The number of hydrogen-bond donors (Lipinski definition) is 0. The van der Waals surface area contributed by atoms with Gasteiger partial charge in [-0.2, -0.15) is 0 Å². The lowest BCUT2D eigenvalue weighted by atomic mass is 10.3. The van der Waals surface area contributed by atoms with Crippen molar-refractivity contribution in [3.63, 3.8) is 0 Å². The number of benzene rings is 1. The number of aryl methyl sites for hydroxylation is 2. The van der Waals surface area contributed by atoms with Crippen molar-refractivity contribution >= 4 is 55.5 Å². The van der Waals surface area contributed by atoms with Crippen molar-refractivity contribution in [1.29, 1.82) is 0 Å². The molecule has 1 saturated heterocycles. The van der Waals surface area contributed by atoms with Crippen molar-refractivity contribution < 1.29 is 9.53 Å². The second-order valence-corrected chi connectivity index (χ2v) is 9.32. The topological polar surface area (TPSA) is 58.6 Å². The highest BCUT2D eigenvalue weighted by Gasteiger charge is 2.26. The van der Waals surface area contributed by atoms with Gasteiger partial charge in [-0.05, 0) is 32.0 Å². The van der Waals surface area contributed by atoms with E-state index in [2.05, 4.69) is 9.88 Å². The summed E-state index contributed by atoms with van der Waals surface area (Å²) in [5.74, 6) is -0.0403. The number of morpholine rings is 1. The second-order valence-electron chi connectivity index (χ2n) is 6.67. The predicted molar refractivity (Wildman–Crippen MR) is 115 cm³/mol. The molecule has 1 aromatic carbocycles. The normalized spacial score (nSPS) is 15.2. The number of carbonyl (C=O) groups is 1. The Kier molecular flexibility index (Phi) is 5.93. The molecule has 0 aliphatic carbocycles. The summed E-state index contributed by atoms with van der Waals surface area (Å²) in [6, 6.07) is 5.61. The number of carbonyl (C=O) groups excluding carboxylic acids is 1. The molecule has 1 aliphatic rings. The highest BCUT2D eigenvalue weighted by Crippen LogP contribution is 2.32. The summed E-state index contributed by atoms with van der Waals surface area (Å²) >= 11 is 9.05. The fourth-order valence-electron chi connectivity index (χ4n) is 3.20. The minimum absolute atomic E-state index is 0.0403. The molecule has 6 nitrogen and oxygen atoms in total. The molecule has 28 heavy (non-hydrogen) atoms. The highest BCUT2D eigenvalue weighted by atomic mass is 35.5. The van der Waals surface area contributed by atoms with Crippen LogP contribution in [0, 0.1) is 13.8 Å². The maximum Gasteiger partial charge on any atom is 0.272 e. The first kappa shape index (κ1) is 19.7. The zero-order valence-corrected chi connectivity index (χ0v) is 18.2.